The van der Waals surface area contributed by atoms with Crippen LogP contribution < -0.4 is 5.73 Å². The van der Waals surface area contributed by atoms with Crippen molar-refractivity contribution in [3.05, 3.63) is 42.0 Å². The van der Waals surface area contributed by atoms with Crippen LogP contribution in [0.5, 0.6) is 5.75 Å². The highest BCUT2D eigenvalue weighted by Gasteiger charge is 2.38. The Morgan fingerprint density at radius 1 is 1.12 bits per heavy atom. The third kappa shape index (κ3) is 1.65. The first-order chi connectivity index (χ1) is 7.66. The average molecular weight is 213 g/mol. The molecule has 0 aliphatic heterocycles. The van der Waals surface area contributed by atoms with Crippen LogP contribution in [0.3, 0.4) is 0 Å². The number of phenols is 1. The van der Waals surface area contributed by atoms with Crippen LogP contribution in [-0.4, -0.2) is 10.6 Å². The van der Waals surface area contributed by atoms with E-state index in [1.165, 1.54) is 5.39 Å². The Kier molecular flexibility index (Phi) is 1.95. The van der Waals surface area contributed by atoms with E-state index >= 15 is 0 Å². The fraction of sp³-hybridized carbons (Fsp3) is 0.286. The predicted molar refractivity (Wildman–Crippen MR) is 65.5 cm³/mol. The zero-order valence-electron chi connectivity index (χ0n) is 9.11. The SMILES string of the molecule is NC1(Cc2cc3ccccc3cc2O)CC1. The minimum absolute atomic E-state index is 0.0556. The molecule has 2 aromatic rings. The van der Waals surface area contributed by atoms with Gasteiger partial charge in [0.2, 0.25) is 0 Å². The fourth-order valence-corrected chi connectivity index (χ4v) is 2.13. The van der Waals surface area contributed by atoms with Crippen LogP contribution in [-0.2, 0) is 6.42 Å². The summed E-state index contributed by atoms with van der Waals surface area (Å²) in [7, 11) is 0. The number of aromatic hydroxyl groups is 1. The zero-order valence-corrected chi connectivity index (χ0v) is 9.11. The summed E-state index contributed by atoms with van der Waals surface area (Å²) in [6.45, 7) is 0. The second-order valence-electron chi connectivity index (χ2n) is 4.87. The van der Waals surface area contributed by atoms with Gasteiger partial charge in [0.1, 0.15) is 5.75 Å². The van der Waals surface area contributed by atoms with E-state index in [0.29, 0.717) is 5.75 Å². The van der Waals surface area contributed by atoms with Crippen LogP contribution in [0.4, 0.5) is 0 Å². The highest BCUT2D eigenvalue weighted by molar-refractivity contribution is 5.84. The number of hydrogen-bond donors (Lipinski definition) is 2. The third-order valence-electron chi connectivity index (χ3n) is 3.38. The Hall–Kier alpha value is -1.54. The van der Waals surface area contributed by atoms with Gasteiger partial charge in [0.15, 0.2) is 0 Å². The van der Waals surface area contributed by atoms with Gasteiger partial charge >= 0.3 is 0 Å². The molecule has 3 rings (SSSR count). The Morgan fingerprint density at radius 2 is 1.75 bits per heavy atom. The summed E-state index contributed by atoms with van der Waals surface area (Å²) in [5, 5.41) is 12.2. The lowest BCUT2D eigenvalue weighted by atomic mass is 10.00. The van der Waals surface area contributed by atoms with Crippen molar-refractivity contribution in [3.63, 3.8) is 0 Å². The second kappa shape index (κ2) is 3.22. The topological polar surface area (TPSA) is 46.2 Å². The smallest absolute Gasteiger partial charge is 0.119 e. The second-order valence-corrected chi connectivity index (χ2v) is 4.87. The van der Waals surface area contributed by atoms with E-state index in [1.807, 2.05) is 24.3 Å². The van der Waals surface area contributed by atoms with Crippen LogP contribution in [0, 0.1) is 0 Å². The van der Waals surface area contributed by atoms with Crippen LogP contribution >= 0.6 is 0 Å². The predicted octanol–water partition coefficient (Wildman–Crippen LogP) is 2.58. The lowest BCUT2D eigenvalue weighted by Gasteiger charge is -2.11. The van der Waals surface area contributed by atoms with Gasteiger partial charge in [-0.25, -0.2) is 0 Å². The van der Waals surface area contributed by atoms with Crippen molar-refractivity contribution in [3.8, 4) is 5.75 Å². The summed E-state index contributed by atoms with van der Waals surface area (Å²) in [5.41, 5.74) is 7.00. The normalized spacial score (nSPS) is 17.6. The van der Waals surface area contributed by atoms with Gasteiger partial charge in [0.25, 0.3) is 0 Å². The molecule has 1 aliphatic carbocycles. The molecule has 2 aromatic carbocycles. The molecule has 0 atom stereocenters. The molecule has 0 spiro atoms. The average Bonchev–Trinajstić information content (AvgIpc) is 2.97. The van der Waals surface area contributed by atoms with E-state index in [2.05, 4.69) is 12.1 Å². The Labute approximate surface area is 94.7 Å². The number of benzene rings is 2. The molecule has 1 fully saturated rings. The van der Waals surface area contributed by atoms with Gasteiger partial charge < -0.3 is 10.8 Å². The molecule has 2 heteroatoms. The van der Waals surface area contributed by atoms with Gasteiger partial charge in [-0.3, -0.25) is 0 Å². The van der Waals surface area contributed by atoms with E-state index in [-0.39, 0.29) is 5.54 Å². The number of hydrogen-bond acceptors (Lipinski definition) is 2. The van der Waals surface area contributed by atoms with Gasteiger partial charge in [0, 0.05) is 5.54 Å². The van der Waals surface area contributed by atoms with E-state index in [1.54, 1.807) is 0 Å². The van der Waals surface area contributed by atoms with Crippen molar-refractivity contribution < 1.29 is 5.11 Å². The highest BCUT2D eigenvalue weighted by Crippen LogP contribution is 2.38. The molecular formula is C14H15NO. The molecule has 0 heterocycles. The van der Waals surface area contributed by atoms with E-state index < -0.39 is 0 Å². The first-order valence-corrected chi connectivity index (χ1v) is 5.66. The number of rotatable bonds is 2. The number of nitrogens with two attached hydrogens (primary N) is 1. The molecule has 0 unspecified atom stereocenters. The van der Waals surface area contributed by atoms with Crippen molar-refractivity contribution in [2.24, 2.45) is 5.73 Å². The standard InChI is InChI=1S/C14H15NO/c15-14(5-6-14)9-12-7-10-3-1-2-4-11(10)8-13(12)16/h1-4,7-8,16H,5-6,9,15H2. The van der Waals surface area contributed by atoms with Crippen molar-refractivity contribution in [2.45, 2.75) is 24.8 Å². The van der Waals surface area contributed by atoms with Crippen LogP contribution in [0.25, 0.3) is 10.8 Å². The maximum absolute atomic E-state index is 9.94. The van der Waals surface area contributed by atoms with E-state index in [0.717, 1.165) is 30.2 Å². The summed E-state index contributed by atoms with van der Waals surface area (Å²) >= 11 is 0. The maximum atomic E-state index is 9.94. The Bertz CT molecular complexity index is 543. The molecule has 0 saturated heterocycles. The number of phenolic OH excluding ortho intramolecular Hbond substituents is 1. The molecule has 3 N–H and O–H groups in total. The van der Waals surface area contributed by atoms with Crippen molar-refractivity contribution >= 4 is 10.8 Å². The van der Waals surface area contributed by atoms with Crippen molar-refractivity contribution in [2.75, 3.05) is 0 Å². The van der Waals surface area contributed by atoms with Crippen LogP contribution in [0.15, 0.2) is 36.4 Å². The number of fused-ring (bicyclic) bond motifs is 1. The third-order valence-corrected chi connectivity index (χ3v) is 3.38. The largest absolute Gasteiger partial charge is 0.508 e. The monoisotopic (exact) mass is 213 g/mol. The summed E-state index contributed by atoms with van der Waals surface area (Å²) in [6, 6.07) is 11.9. The van der Waals surface area contributed by atoms with Gasteiger partial charge in [-0.2, -0.15) is 0 Å². The summed E-state index contributed by atoms with van der Waals surface area (Å²) < 4.78 is 0. The fourth-order valence-electron chi connectivity index (χ4n) is 2.13. The molecular weight excluding hydrogens is 198 g/mol. The Morgan fingerprint density at radius 3 is 2.38 bits per heavy atom. The molecule has 82 valence electrons. The molecule has 1 aliphatic rings. The lowest BCUT2D eigenvalue weighted by Crippen LogP contribution is -2.24. The highest BCUT2D eigenvalue weighted by atomic mass is 16.3. The van der Waals surface area contributed by atoms with Gasteiger partial charge in [-0.15, -0.1) is 0 Å². The minimum atomic E-state index is -0.0556. The van der Waals surface area contributed by atoms with Crippen molar-refractivity contribution in [1.82, 2.24) is 0 Å². The van der Waals surface area contributed by atoms with Crippen LogP contribution in [0.1, 0.15) is 18.4 Å². The first kappa shape index (κ1) is 9.67. The zero-order chi connectivity index (χ0) is 11.2. The van der Waals surface area contributed by atoms with Gasteiger partial charge in [-0.1, -0.05) is 24.3 Å². The van der Waals surface area contributed by atoms with Crippen molar-refractivity contribution in [1.29, 1.82) is 0 Å². The quantitative estimate of drug-likeness (QED) is 0.805. The first-order valence-electron chi connectivity index (χ1n) is 5.66. The van der Waals surface area contributed by atoms with Gasteiger partial charge in [0.05, 0.1) is 0 Å². The Balaban J connectivity index is 2.07. The summed E-state index contributed by atoms with van der Waals surface area (Å²) in [5.74, 6) is 0.371. The molecule has 16 heavy (non-hydrogen) atoms. The lowest BCUT2D eigenvalue weighted by molar-refractivity contribution is 0.464. The molecule has 0 bridgehead atoms. The minimum Gasteiger partial charge on any atom is -0.508 e. The van der Waals surface area contributed by atoms with Gasteiger partial charge in [-0.05, 0) is 47.7 Å². The molecule has 1 saturated carbocycles. The molecule has 2 nitrogen and oxygen atoms in total. The molecule has 0 radical (unpaired) electrons. The summed E-state index contributed by atoms with van der Waals surface area (Å²) in [6.07, 6.45) is 2.92. The summed E-state index contributed by atoms with van der Waals surface area (Å²) in [4.78, 5) is 0. The van der Waals surface area contributed by atoms with Crippen LogP contribution in [0.2, 0.25) is 0 Å². The van der Waals surface area contributed by atoms with E-state index in [9.17, 15) is 5.11 Å². The molecule has 0 amide bonds. The molecule has 0 aromatic heterocycles. The maximum Gasteiger partial charge on any atom is 0.119 e. The van der Waals surface area contributed by atoms with E-state index in [4.69, 9.17) is 5.73 Å².